The Morgan fingerprint density at radius 3 is 2.45 bits per heavy atom. The molecule has 1 saturated heterocycles. The third kappa shape index (κ3) is 5.04. The second-order valence-electron chi connectivity index (χ2n) is 5.28. The van der Waals surface area contributed by atoms with Crippen molar-refractivity contribution in [1.29, 1.82) is 0 Å². The SMILES string of the molecule is CC1(O)CCCN(C(=O)NC(CC(=O)O)C(=O)O)CC1. The average molecular weight is 288 g/mol. The normalized spacial score (nSPS) is 24.6. The van der Waals surface area contributed by atoms with Crippen molar-refractivity contribution in [2.24, 2.45) is 0 Å². The number of nitrogens with one attached hydrogen (secondary N) is 1. The van der Waals surface area contributed by atoms with Gasteiger partial charge in [0, 0.05) is 13.1 Å². The molecule has 0 radical (unpaired) electrons. The van der Waals surface area contributed by atoms with Crippen molar-refractivity contribution >= 4 is 18.0 Å². The van der Waals surface area contributed by atoms with Crippen LogP contribution in [0.15, 0.2) is 0 Å². The predicted molar refractivity (Wildman–Crippen MR) is 68.3 cm³/mol. The maximum Gasteiger partial charge on any atom is 0.326 e. The van der Waals surface area contributed by atoms with Crippen molar-refractivity contribution in [3.63, 3.8) is 0 Å². The lowest BCUT2D eigenvalue weighted by Crippen LogP contribution is -2.49. The molecule has 0 aliphatic carbocycles. The van der Waals surface area contributed by atoms with Crippen LogP contribution in [0.2, 0.25) is 0 Å². The van der Waals surface area contributed by atoms with Crippen LogP contribution in [0.4, 0.5) is 4.79 Å². The molecule has 0 bridgehead atoms. The van der Waals surface area contributed by atoms with Crippen LogP contribution in [0.1, 0.15) is 32.6 Å². The molecule has 8 nitrogen and oxygen atoms in total. The van der Waals surface area contributed by atoms with E-state index in [1.165, 1.54) is 4.90 Å². The van der Waals surface area contributed by atoms with E-state index in [9.17, 15) is 19.5 Å². The van der Waals surface area contributed by atoms with Crippen molar-refractivity contribution in [2.75, 3.05) is 13.1 Å². The number of hydrogen-bond donors (Lipinski definition) is 4. The minimum atomic E-state index is -1.45. The molecule has 2 amide bonds. The number of carbonyl (C=O) groups excluding carboxylic acids is 1. The van der Waals surface area contributed by atoms with E-state index >= 15 is 0 Å². The van der Waals surface area contributed by atoms with Crippen molar-refractivity contribution in [1.82, 2.24) is 10.2 Å². The van der Waals surface area contributed by atoms with Gasteiger partial charge in [0.25, 0.3) is 0 Å². The van der Waals surface area contributed by atoms with Gasteiger partial charge in [0.2, 0.25) is 0 Å². The molecule has 114 valence electrons. The molecule has 2 unspecified atom stereocenters. The Hall–Kier alpha value is -1.83. The number of amides is 2. The van der Waals surface area contributed by atoms with E-state index in [4.69, 9.17) is 10.2 Å². The topological polar surface area (TPSA) is 127 Å². The maximum absolute atomic E-state index is 11.9. The fourth-order valence-corrected chi connectivity index (χ4v) is 2.08. The van der Waals surface area contributed by atoms with Crippen LogP contribution in [0.5, 0.6) is 0 Å². The number of nitrogens with zero attached hydrogens (tertiary/aromatic N) is 1. The van der Waals surface area contributed by atoms with Crippen molar-refractivity contribution in [2.45, 2.75) is 44.2 Å². The zero-order valence-electron chi connectivity index (χ0n) is 11.3. The maximum atomic E-state index is 11.9. The number of hydrogen-bond acceptors (Lipinski definition) is 4. The minimum absolute atomic E-state index is 0.304. The number of aliphatic hydroxyl groups is 1. The summed E-state index contributed by atoms with van der Waals surface area (Å²) in [5, 5.41) is 29.6. The molecule has 2 atom stereocenters. The van der Waals surface area contributed by atoms with E-state index in [1.807, 2.05) is 0 Å². The quantitative estimate of drug-likeness (QED) is 0.570. The predicted octanol–water partition coefficient (Wildman–Crippen LogP) is -0.139. The van der Waals surface area contributed by atoms with Gasteiger partial charge < -0.3 is 25.5 Å². The lowest BCUT2D eigenvalue weighted by Gasteiger charge is -2.24. The van der Waals surface area contributed by atoms with Gasteiger partial charge in [-0.3, -0.25) is 4.79 Å². The van der Waals surface area contributed by atoms with Gasteiger partial charge >= 0.3 is 18.0 Å². The molecule has 0 aromatic heterocycles. The van der Waals surface area contributed by atoms with E-state index in [1.54, 1.807) is 6.92 Å². The number of likely N-dealkylation sites (tertiary alicyclic amines) is 1. The highest BCUT2D eigenvalue weighted by Gasteiger charge is 2.29. The highest BCUT2D eigenvalue weighted by atomic mass is 16.4. The summed E-state index contributed by atoms with van der Waals surface area (Å²) in [5.74, 6) is -2.68. The molecule has 1 rings (SSSR count). The molecule has 8 heteroatoms. The van der Waals surface area contributed by atoms with E-state index in [2.05, 4.69) is 5.32 Å². The second kappa shape index (κ2) is 6.56. The Bertz CT molecular complexity index is 395. The standard InChI is InChI=1S/C12H20N2O6/c1-12(20)3-2-5-14(6-4-12)11(19)13-8(10(17)18)7-9(15)16/h8,20H,2-7H2,1H3,(H,13,19)(H,15,16)(H,17,18). The number of carboxylic acid groups (broad SMARTS) is 2. The summed E-state index contributed by atoms with van der Waals surface area (Å²) < 4.78 is 0. The molecule has 4 N–H and O–H groups in total. The molecule has 1 aliphatic heterocycles. The molecule has 20 heavy (non-hydrogen) atoms. The molecule has 1 fully saturated rings. The van der Waals surface area contributed by atoms with Gasteiger partial charge in [-0.25, -0.2) is 9.59 Å². The van der Waals surface area contributed by atoms with E-state index in [-0.39, 0.29) is 0 Å². The fourth-order valence-electron chi connectivity index (χ4n) is 2.08. The first-order valence-electron chi connectivity index (χ1n) is 6.44. The van der Waals surface area contributed by atoms with Crippen molar-refractivity contribution in [3.05, 3.63) is 0 Å². The number of rotatable bonds is 4. The largest absolute Gasteiger partial charge is 0.481 e. The van der Waals surface area contributed by atoms with E-state index < -0.39 is 36.0 Å². The highest BCUT2D eigenvalue weighted by Crippen LogP contribution is 2.21. The summed E-state index contributed by atoms with van der Waals surface area (Å²) in [6.45, 7) is 2.40. The van der Waals surface area contributed by atoms with E-state index in [0.717, 1.165) is 0 Å². The third-order valence-electron chi connectivity index (χ3n) is 3.33. The van der Waals surface area contributed by atoms with Crippen LogP contribution in [0, 0.1) is 0 Å². The Morgan fingerprint density at radius 2 is 1.90 bits per heavy atom. The van der Waals surface area contributed by atoms with Gasteiger partial charge in [0.15, 0.2) is 0 Å². The first-order valence-corrected chi connectivity index (χ1v) is 6.44. The van der Waals surface area contributed by atoms with Crippen LogP contribution < -0.4 is 5.32 Å². The van der Waals surface area contributed by atoms with Crippen LogP contribution >= 0.6 is 0 Å². The first kappa shape index (κ1) is 16.2. The van der Waals surface area contributed by atoms with Gasteiger partial charge in [0.1, 0.15) is 6.04 Å². The molecule has 1 heterocycles. The lowest BCUT2D eigenvalue weighted by molar-refractivity contribution is -0.145. The smallest absolute Gasteiger partial charge is 0.326 e. The van der Waals surface area contributed by atoms with Gasteiger partial charge in [-0.15, -0.1) is 0 Å². The summed E-state index contributed by atoms with van der Waals surface area (Å²) >= 11 is 0. The number of carboxylic acids is 2. The zero-order chi connectivity index (χ0) is 15.3. The zero-order valence-corrected chi connectivity index (χ0v) is 11.3. The van der Waals surface area contributed by atoms with E-state index in [0.29, 0.717) is 32.4 Å². The van der Waals surface area contributed by atoms with Gasteiger partial charge in [-0.2, -0.15) is 0 Å². The molecular formula is C12H20N2O6. The number of urea groups is 1. The Balaban J connectivity index is 2.60. The van der Waals surface area contributed by atoms with Crippen LogP contribution in [0.25, 0.3) is 0 Å². The lowest BCUT2D eigenvalue weighted by atomic mass is 9.98. The fraction of sp³-hybridized carbons (Fsp3) is 0.750. The summed E-state index contributed by atoms with van der Waals surface area (Å²) in [6.07, 6.45) is 0.898. The molecular weight excluding hydrogens is 268 g/mol. The Kier molecular flexibility index (Phi) is 5.32. The van der Waals surface area contributed by atoms with Crippen LogP contribution in [-0.4, -0.2) is 62.9 Å². The molecule has 1 aliphatic rings. The molecule has 0 saturated carbocycles. The second-order valence-corrected chi connectivity index (χ2v) is 5.28. The summed E-state index contributed by atoms with van der Waals surface area (Å²) in [4.78, 5) is 34.8. The van der Waals surface area contributed by atoms with Gasteiger partial charge in [-0.1, -0.05) is 0 Å². The Morgan fingerprint density at radius 1 is 1.25 bits per heavy atom. The Labute approximate surface area is 116 Å². The molecule has 0 spiro atoms. The van der Waals surface area contributed by atoms with Gasteiger partial charge in [0.05, 0.1) is 12.0 Å². The third-order valence-corrected chi connectivity index (χ3v) is 3.33. The highest BCUT2D eigenvalue weighted by molar-refractivity contribution is 5.86. The summed E-state index contributed by atoms with van der Waals surface area (Å²) in [5.41, 5.74) is -0.831. The van der Waals surface area contributed by atoms with Crippen LogP contribution in [0.3, 0.4) is 0 Å². The summed E-state index contributed by atoms with van der Waals surface area (Å²) in [7, 11) is 0. The summed E-state index contributed by atoms with van der Waals surface area (Å²) in [6, 6.07) is -2.07. The van der Waals surface area contributed by atoms with Crippen LogP contribution in [-0.2, 0) is 9.59 Å². The van der Waals surface area contributed by atoms with Crippen molar-refractivity contribution < 1.29 is 29.7 Å². The first-order chi connectivity index (χ1) is 9.21. The van der Waals surface area contributed by atoms with Crippen molar-refractivity contribution in [3.8, 4) is 0 Å². The molecule has 0 aromatic carbocycles. The number of carbonyl (C=O) groups is 3. The number of aliphatic carboxylic acids is 2. The molecule has 0 aromatic rings. The monoisotopic (exact) mass is 288 g/mol. The minimum Gasteiger partial charge on any atom is -0.481 e. The average Bonchev–Trinajstić information content (AvgIpc) is 2.48. The van der Waals surface area contributed by atoms with Gasteiger partial charge in [-0.05, 0) is 26.2 Å².